The Morgan fingerprint density at radius 3 is 2.70 bits per heavy atom. The number of carbonyl (C=O) groups is 1. The minimum Gasteiger partial charge on any atom is -0.393 e. The number of nitrogens with zero attached hydrogens (tertiary/aromatic N) is 3. The summed E-state index contributed by atoms with van der Waals surface area (Å²) < 4.78 is 52.5. The number of hydrogen-bond acceptors (Lipinski definition) is 6. The van der Waals surface area contributed by atoms with Crippen molar-refractivity contribution in [3.63, 3.8) is 0 Å². The molecule has 1 amide bonds. The summed E-state index contributed by atoms with van der Waals surface area (Å²) >= 11 is 0. The second-order valence-corrected chi connectivity index (χ2v) is 6.56. The number of halogens is 4. The maximum Gasteiger partial charge on any atom is 0.433 e. The van der Waals surface area contributed by atoms with Gasteiger partial charge in [0.15, 0.2) is 11.6 Å². The van der Waals surface area contributed by atoms with Crippen LogP contribution in [0.25, 0.3) is 0 Å². The van der Waals surface area contributed by atoms with Crippen LogP contribution in [-0.2, 0) is 11.0 Å². The zero-order chi connectivity index (χ0) is 21.9. The summed E-state index contributed by atoms with van der Waals surface area (Å²) in [4.78, 5) is 21.3. The second kappa shape index (κ2) is 8.76. The topological polar surface area (TPSA) is 98.6 Å². The van der Waals surface area contributed by atoms with Crippen LogP contribution in [-0.4, -0.2) is 45.8 Å². The zero-order valence-electron chi connectivity index (χ0n) is 15.5. The van der Waals surface area contributed by atoms with Gasteiger partial charge in [-0.1, -0.05) is 12.1 Å². The van der Waals surface area contributed by atoms with Gasteiger partial charge in [0.25, 0.3) is 5.91 Å². The molecule has 3 N–H and O–H groups in total. The lowest BCUT2D eigenvalue weighted by Crippen LogP contribution is -2.33. The molecule has 0 radical (unpaired) electrons. The third kappa shape index (κ3) is 4.92. The van der Waals surface area contributed by atoms with Crippen molar-refractivity contribution < 1.29 is 32.6 Å². The summed E-state index contributed by atoms with van der Waals surface area (Å²) in [5.41, 5.74) is -0.640. The van der Waals surface area contributed by atoms with Crippen molar-refractivity contribution in [1.29, 1.82) is 0 Å². The average Bonchev–Trinajstić information content (AvgIpc) is 2.73. The van der Waals surface area contributed by atoms with Gasteiger partial charge >= 0.3 is 6.18 Å². The Morgan fingerprint density at radius 1 is 1.33 bits per heavy atom. The van der Waals surface area contributed by atoms with Crippen LogP contribution in [0, 0.1) is 5.82 Å². The molecule has 3 heterocycles. The van der Waals surface area contributed by atoms with E-state index >= 15 is 0 Å². The van der Waals surface area contributed by atoms with Crippen molar-refractivity contribution in [2.75, 3.05) is 29.9 Å². The molecule has 0 bridgehead atoms. The molecule has 0 aliphatic carbocycles. The third-order valence-electron chi connectivity index (χ3n) is 4.48. The first-order chi connectivity index (χ1) is 14.2. The molecule has 1 aliphatic rings. The number of carbonyl (C=O) groups excluding carboxylic acids is 1. The van der Waals surface area contributed by atoms with E-state index < -0.39 is 36.3 Å². The van der Waals surface area contributed by atoms with Crippen molar-refractivity contribution in [2.45, 2.75) is 18.7 Å². The highest BCUT2D eigenvalue weighted by molar-refractivity contribution is 6.03. The van der Waals surface area contributed by atoms with E-state index in [1.807, 2.05) is 0 Å². The smallest absolute Gasteiger partial charge is 0.393 e. The maximum absolute atomic E-state index is 14.3. The van der Waals surface area contributed by atoms with Crippen molar-refractivity contribution >= 4 is 17.5 Å². The van der Waals surface area contributed by atoms with Gasteiger partial charge in [-0.2, -0.15) is 13.2 Å². The quantitative estimate of drug-likeness (QED) is 0.636. The summed E-state index contributed by atoms with van der Waals surface area (Å²) in [5, 5.41) is 20.8. The molecule has 7 nitrogen and oxygen atoms in total. The van der Waals surface area contributed by atoms with E-state index in [4.69, 9.17) is 5.11 Å². The first-order valence-corrected chi connectivity index (χ1v) is 8.93. The monoisotopic (exact) mass is 426 g/mol. The number of anilines is 2. The van der Waals surface area contributed by atoms with E-state index in [0.29, 0.717) is 5.57 Å². The molecule has 0 aromatic carbocycles. The number of alkyl halides is 3. The van der Waals surface area contributed by atoms with Gasteiger partial charge in [0.2, 0.25) is 0 Å². The molecule has 1 atom stereocenters. The van der Waals surface area contributed by atoms with E-state index in [0.717, 1.165) is 18.2 Å². The Balaban J connectivity index is 1.67. The lowest BCUT2D eigenvalue weighted by Gasteiger charge is -2.27. The number of pyridine rings is 2. The summed E-state index contributed by atoms with van der Waals surface area (Å²) in [6.07, 6.45) is -2.85. The minimum absolute atomic E-state index is 0.0270. The standard InChI is InChI=1S/C19H18F4N4O3/c20-13-8-12(14(29)10-28)9-24-17(13)27-6-4-11(5-7-27)18(30)26-16-3-1-2-15(25-16)19(21,22)23/h1-4,8-9,14,28-29H,5-7,10H2,(H,25,26,30)/t14-/m1/s1. The van der Waals surface area contributed by atoms with Gasteiger partial charge < -0.3 is 20.4 Å². The fourth-order valence-electron chi connectivity index (χ4n) is 2.89. The van der Waals surface area contributed by atoms with Gasteiger partial charge in [-0.25, -0.2) is 14.4 Å². The van der Waals surface area contributed by atoms with Gasteiger partial charge in [-0.3, -0.25) is 4.79 Å². The normalized spacial score (nSPS) is 15.5. The van der Waals surface area contributed by atoms with Crippen LogP contribution < -0.4 is 10.2 Å². The van der Waals surface area contributed by atoms with Gasteiger partial charge in [-0.15, -0.1) is 0 Å². The Bertz CT molecular complexity index is 965. The van der Waals surface area contributed by atoms with Crippen LogP contribution in [0.5, 0.6) is 0 Å². The van der Waals surface area contributed by atoms with E-state index in [1.165, 1.54) is 18.3 Å². The molecule has 0 spiro atoms. The highest BCUT2D eigenvalue weighted by Gasteiger charge is 2.32. The fraction of sp³-hybridized carbons (Fsp3) is 0.316. The summed E-state index contributed by atoms with van der Waals surface area (Å²) in [5.74, 6) is -1.46. The first kappa shape index (κ1) is 21.7. The van der Waals surface area contributed by atoms with E-state index in [9.17, 15) is 27.5 Å². The van der Waals surface area contributed by atoms with Crippen LogP contribution in [0.3, 0.4) is 0 Å². The van der Waals surface area contributed by atoms with Crippen molar-refractivity contribution in [2.24, 2.45) is 0 Å². The number of nitrogens with one attached hydrogen (secondary N) is 1. The molecule has 2 aromatic rings. The molecular formula is C19H18F4N4O3. The molecule has 1 aliphatic heterocycles. The lowest BCUT2D eigenvalue weighted by molar-refractivity contribution is -0.141. The third-order valence-corrected chi connectivity index (χ3v) is 4.48. The number of rotatable bonds is 5. The molecular weight excluding hydrogens is 408 g/mol. The van der Waals surface area contributed by atoms with Gasteiger partial charge in [0.05, 0.1) is 6.61 Å². The van der Waals surface area contributed by atoms with Crippen molar-refractivity contribution in [3.8, 4) is 0 Å². The van der Waals surface area contributed by atoms with Crippen LogP contribution in [0.2, 0.25) is 0 Å². The Morgan fingerprint density at radius 2 is 2.10 bits per heavy atom. The fourth-order valence-corrected chi connectivity index (χ4v) is 2.89. The molecule has 30 heavy (non-hydrogen) atoms. The zero-order valence-corrected chi connectivity index (χ0v) is 15.5. The summed E-state index contributed by atoms with van der Waals surface area (Å²) in [7, 11) is 0. The minimum atomic E-state index is -4.62. The van der Waals surface area contributed by atoms with E-state index in [1.54, 1.807) is 4.90 Å². The Labute approximate surface area is 168 Å². The molecule has 0 unspecified atom stereocenters. The second-order valence-electron chi connectivity index (χ2n) is 6.56. The van der Waals surface area contributed by atoms with Crippen LogP contribution >= 0.6 is 0 Å². The van der Waals surface area contributed by atoms with E-state index in [2.05, 4.69) is 15.3 Å². The van der Waals surface area contributed by atoms with Crippen LogP contribution in [0.1, 0.15) is 23.8 Å². The summed E-state index contributed by atoms with van der Waals surface area (Å²) in [6.45, 7) is -0.155. The van der Waals surface area contributed by atoms with E-state index in [-0.39, 0.29) is 36.7 Å². The number of amides is 1. The average molecular weight is 426 g/mol. The predicted octanol–water partition coefficient (Wildman–Crippen LogP) is 2.44. The molecule has 0 saturated heterocycles. The van der Waals surface area contributed by atoms with Crippen molar-refractivity contribution in [3.05, 3.63) is 59.2 Å². The number of hydrogen-bond donors (Lipinski definition) is 3. The molecule has 160 valence electrons. The Kier molecular flexibility index (Phi) is 6.32. The molecule has 3 rings (SSSR count). The molecule has 0 fully saturated rings. The van der Waals surface area contributed by atoms with Gasteiger partial charge in [-0.05, 0) is 24.6 Å². The summed E-state index contributed by atoms with van der Waals surface area (Å²) in [6, 6.07) is 4.28. The van der Waals surface area contributed by atoms with Gasteiger partial charge in [0.1, 0.15) is 17.6 Å². The number of aliphatic hydroxyl groups is 2. The largest absolute Gasteiger partial charge is 0.433 e. The number of aliphatic hydroxyl groups excluding tert-OH is 2. The molecule has 0 saturated carbocycles. The highest BCUT2D eigenvalue weighted by atomic mass is 19.4. The van der Waals surface area contributed by atoms with Gasteiger partial charge in [0, 0.05) is 30.4 Å². The maximum atomic E-state index is 14.3. The molecule has 11 heteroatoms. The predicted molar refractivity (Wildman–Crippen MR) is 99.0 cm³/mol. The first-order valence-electron chi connectivity index (χ1n) is 8.93. The lowest BCUT2D eigenvalue weighted by atomic mass is 10.1. The molecule has 2 aromatic heterocycles. The van der Waals surface area contributed by atoms with Crippen LogP contribution in [0.4, 0.5) is 29.2 Å². The SMILES string of the molecule is O=C(Nc1cccc(C(F)(F)F)n1)C1=CCN(c2ncc([C@H](O)CO)cc2F)CC1. The van der Waals surface area contributed by atoms with Crippen molar-refractivity contribution in [1.82, 2.24) is 9.97 Å². The van der Waals surface area contributed by atoms with Crippen LogP contribution in [0.15, 0.2) is 42.1 Å². The number of aromatic nitrogens is 2. The Hall–Kier alpha value is -3.05. The highest BCUT2D eigenvalue weighted by Crippen LogP contribution is 2.28.